The summed E-state index contributed by atoms with van der Waals surface area (Å²) in [6, 6.07) is 15.2. The van der Waals surface area contributed by atoms with E-state index in [1.54, 1.807) is 22.6 Å². The van der Waals surface area contributed by atoms with Gasteiger partial charge in [-0.2, -0.15) is 10.2 Å². The van der Waals surface area contributed by atoms with Crippen molar-refractivity contribution in [3.63, 3.8) is 0 Å². The van der Waals surface area contributed by atoms with Crippen molar-refractivity contribution in [1.29, 1.82) is 0 Å². The first kappa shape index (κ1) is 21.4. The van der Waals surface area contributed by atoms with Crippen LogP contribution < -0.4 is 5.32 Å². The molecule has 0 radical (unpaired) electrons. The molecule has 0 spiro atoms. The third kappa shape index (κ3) is 4.67. The summed E-state index contributed by atoms with van der Waals surface area (Å²) < 4.78 is 2.68. The van der Waals surface area contributed by atoms with Crippen LogP contribution in [0.15, 0.2) is 76.8 Å². The highest BCUT2D eigenvalue weighted by atomic mass is 79.9. The van der Waals surface area contributed by atoms with Gasteiger partial charge in [0.05, 0.1) is 16.1 Å². The van der Waals surface area contributed by atoms with Gasteiger partial charge in [-0.1, -0.05) is 24.3 Å². The molecular weight excluding hydrogens is 502 g/mol. The molecule has 2 aromatic carbocycles. The summed E-state index contributed by atoms with van der Waals surface area (Å²) in [5.41, 5.74) is 4.88. The Morgan fingerprint density at radius 2 is 2.03 bits per heavy atom. The van der Waals surface area contributed by atoms with E-state index in [9.17, 15) is 4.79 Å². The highest BCUT2D eigenvalue weighted by molar-refractivity contribution is 9.10. The van der Waals surface area contributed by atoms with Gasteiger partial charge in [-0.15, -0.1) is 11.8 Å². The summed E-state index contributed by atoms with van der Waals surface area (Å²) in [6.07, 6.45) is 5.14. The van der Waals surface area contributed by atoms with Gasteiger partial charge in [0.1, 0.15) is 17.0 Å². The van der Waals surface area contributed by atoms with Crippen molar-refractivity contribution < 1.29 is 4.79 Å². The van der Waals surface area contributed by atoms with Crippen LogP contribution in [0.1, 0.15) is 15.9 Å². The first-order valence-corrected chi connectivity index (χ1v) is 11.8. The van der Waals surface area contributed by atoms with Crippen LogP contribution >= 0.6 is 27.7 Å². The second-order valence-corrected chi connectivity index (χ2v) is 9.15. The predicted octanol–water partition coefficient (Wildman–Crippen LogP) is 5.06. The van der Waals surface area contributed by atoms with Crippen LogP contribution in [0.3, 0.4) is 0 Å². The Hall–Kier alpha value is -3.50. The molecule has 0 aliphatic rings. The predicted molar refractivity (Wildman–Crippen MR) is 132 cm³/mol. The van der Waals surface area contributed by atoms with Crippen molar-refractivity contribution in [3.8, 4) is 11.3 Å². The standard InChI is InChI=1S/C23H18BrN7OS/c1-31-11-19(24)20(30-31)15-5-7-17(8-6-15)28-22(32)16-4-2-3-14(9-16)12-33-23-18-10-27-29-21(18)25-13-26-23/h2-11,13H,12H2,1H3,(H,28,32)(H,25,26,27,29). The fourth-order valence-corrected chi connectivity index (χ4v) is 4.90. The van der Waals surface area contributed by atoms with E-state index in [4.69, 9.17) is 0 Å². The van der Waals surface area contributed by atoms with Gasteiger partial charge in [0.2, 0.25) is 0 Å². The number of carbonyl (C=O) groups is 1. The number of nitrogens with zero attached hydrogens (tertiary/aromatic N) is 5. The van der Waals surface area contributed by atoms with Gasteiger partial charge in [-0.25, -0.2) is 9.97 Å². The van der Waals surface area contributed by atoms with Crippen molar-refractivity contribution in [2.24, 2.45) is 7.05 Å². The van der Waals surface area contributed by atoms with Crippen LogP contribution in [0.25, 0.3) is 22.3 Å². The number of aromatic nitrogens is 6. The number of thioether (sulfide) groups is 1. The molecule has 2 N–H and O–H groups in total. The van der Waals surface area contributed by atoms with Gasteiger partial charge < -0.3 is 5.32 Å². The summed E-state index contributed by atoms with van der Waals surface area (Å²) in [5.74, 6) is 0.513. The van der Waals surface area contributed by atoms with E-state index in [2.05, 4.69) is 46.5 Å². The van der Waals surface area contributed by atoms with Crippen molar-refractivity contribution in [2.45, 2.75) is 10.8 Å². The molecule has 0 atom stereocenters. The molecule has 0 fully saturated rings. The zero-order valence-electron chi connectivity index (χ0n) is 17.5. The molecule has 0 saturated carbocycles. The number of amides is 1. The zero-order valence-corrected chi connectivity index (χ0v) is 19.9. The monoisotopic (exact) mass is 519 g/mol. The smallest absolute Gasteiger partial charge is 0.255 e. The van der Waals surface area contributed by atoms with Gasteiger partial charge in [-0.05, 0) is 45.8 Å². The Bertz CT molecular complexity index is 1450. The fourth-order valence-electron chi connectivity index (χ4n) is 3.38. The molecule has 0 saturated heterocycles. The third-order valence-electron chi connectivity index (χ3n) is 4.98. The van der Waals surface area contributed by atoms with Crippen molar-refractivity contribution >= 4 is 50.3 Å². The van der Waals surface area contributed by atoms with E-state index in [0.717, 1.165) is 37.4 Å². The van der Waals surface area contributed by atoms with Crippen molar-refractivity contribution in [3.05, 3.63) is 82.9 Å². The van der Waals surface area contributed by atoms with Crippen LogP contribution in [0.5, 0.6) is 0 Å². The van der Waals surface area contributed by atoms with Crippen LogP contribution in [-0.2, 0) is 12.8 Å². The minimum atomic E-state index is -0.159. The van der Waals surface area contributed by atoms with E-state index < -0.39 is 0 Å². The first-order chi connectivity index (χ1) is 16.1. The number of H-pyrrole nitrogens is 1. The minimum Gasteiger partial charge on any atom is -0.322 e. The molecule has 0 aliphatic heterocycles. The molecule has 1 amide bonds. The minimum absolute atomic E-state index is 0.159. The zero-order chi connectivity index (χ0) is 22.8. The maximum atomic E-state index is 12.8. The topological polar surface area (TPSA) is 101 Å². The molecule has 0 bridgehead atoms. The van der Waals surface area contributed by atoms with Gasteiger partial charge in [0, 0.05) is 35.8 Å². The first-order valence-electron chi connectivity index (χ1n) is 10.0. The Labute approximate surface area is 202 Å². The highest BCUT2D eigenvalue weighted by Gasteiger charge is 2.11. The molecule has 3 aromatic heterocycles. The number of benzene rings is 2. The number of hydrogen-bond acceptors (Lipinski definition) is 6. The number of nitrogens with one attached hydrogen (secondary N) is 2. The van der Waals surface area contributed by atoms with E-state index in [-0.39, 0.29) is 5.91 Å². The largest absolute Gasteiger partial charge is 0.322 e. The van der Waals surface area contributed by atoms with Gasteiger partial charge in [0.25, 0.3) is 5.91 Å². The lowest BCUT2D eigenvalue weighted by molar-refractivity contribution is 0.102. The van der Waals surface area contributed by atoms with Gasteiger partial charge in [-0.3, -0.25) is 14.6 Å². The second kappa shape index (κ2) is 9.16. The lowest BCUT2D eigenvalue weighted by Gasteiger charge is -2.08. The molecule has 164 valence electrons. The fraction of sp³-hybridized carbons (Fsp3) is 0.0870. The van der Waals surface area contributed by atoms with Gasteiger partial charge >= 0.3 is 0 Å². The average molecular weight is 520 g/mol. The molecule has 33 heavy (non-hydrogen) atoms. The quantitative estimate of drug-likeness (QED) is 0.240. The number of aryl methyl sites for hydroxylation is 1. The number of halogens is 1. The molecule has 8 nitrogen and oxygen atoms in total. The van der Waals surface area contributed by atoms with Crippen molar-refractivity contribution in [2.75, 3.05) is 5.32 Å². The Morgan fingerprint density at radius 1 is 1.18 bits per heavy atom. The number of hydrogen-bond donors (Lipinski definition) is 2. The summed E-state index contributed by atoms with van der Waals surface area (Å²) >= 11 is 5.10. The van der Waals surface area contributed by atoms with Crippen LogP contribution in [-0.4, -0.2) is 35.9 Å². The molecule has 5 aromatic rings. The summed E-state index contributed by atoms with van der Waals surface area (Å²) in [6.45, 7) is 0. The molecule has 5 rings (SSSR count). The Balaban J connectivity index is 1.26. The number of rotatable bonds is 6. The highest BCUT2D eigenvalue weighted by Crippen LogP contribution is 2.28. The molecule has 10 heteroatoms. The van der Waals surface area contributed by atoms with Crippen molar-refractivity contribution in [1.82, 2.24) is 29.9 Å². The summed E-state index contributed by atoms with van der Waals surface area (Å²) in [4.78, 5) is 21.3. The Kier molecular flexibility index (Phi) is 5.93. The number of carbonyl (C=O) groups excluding carboxylic acids is 1. The number of aromatic amines is 1. The van der Waals surface area contributed by atoms with Crippen LogP contribution in [0.4, 0.5) is 5.69 Å². The molecule has 3 heterocycles. The van der Waals surface area contributed by atoms with Crippen LogP contribution in [0.2, 0.25) is 0 Å². The average Bonchev–Trinajstić information content (AvgIpc) is 3.44. The molecule has 0 unspecified atom stereocenters. The summed E-state index contributed by atoms with van der Waals surface area (Å²) in [7, 11) is 1.88. The maximum Gasteiger partial charge on any atom is 0.255 e. The lowest BCUT2D eigenvalue weighted by Crippen LogP contribution is -2.12. The van der Waals surface area contributed by atoms with E-state index in [1.807, 2.05) is 61.8 Å². The maximum absolute atomic E-state index is 12.8. The molecule has 0 aliphatic carbocycles. The SMILES string of the molecule is Cn1cc(Br)c(-c2ccc(NC(=O)c3cccc(CSc4ncnc5[nH]ncc45)c3)cc2)n1. The van der Waals surface area contributed by atoms with Crippen LogP contribution in [0, 0.1) is 0 Å². The number of anilines is 1. The third-order valence-corrected chi connectivity index (χ3v) is 6.63. The normalized spacial score (nSPS) is 11.1. The second-order valence-electron chi connectivity index (χ2n) is 7.33. The van der Waals surface area contributed by atoms with E-state index >= 15 is 0 Å². The summed E-state index contributed by atoms with van der Waals surface area (Å²) in [5, 5.41) is 16.0. The Morgan fingerprint density at radius 3 is 2.82 bits per heavy atom. The van der Waals surface area contributed by atoms with E-state index in [0.29, 0.717) is 17.0 Å². The lowest BCUT2D eigenvalue weighted by atomic mass is 10.1. The molecular formula is C23H18BrN7OS. The van der Waals surface area contributed by atoms with E-state index in [1.165, 1.54) is 6.33 Å². The number of fused-ring (bicyclic) bond motifs is 1. The van der Waals surface area contributed by atoms with Gasteiger partial charge in [0.15, 0.2) is 5.65 Å².